The van der Waals surface area contributed by atoms with Crippen LogP contribution in [-0.4, -0.2) is 78.9 Å². The normalized spacial score (nSPS) is 16.5. The van der Waals surface area contributed by atoms with Gasteiger partial charge in [-0.3, -0.25) is 9.80 Å². The second-order valence-electron chi connectivity index (χ2n) is 10.6. The van der Waals surface area contributed by atoms with Crippen molar-refractivity contribution in [3.63, 3.8) is 0 Å². The Morgan fingerprint density at radius 1 is 0.732 bits per heavy atom. The Morgan fingerprint density at radius 3 is 1.54 bits per heavy atom. The van der Waals surface area contributed by atoms with Crippen LogP contribution in [0.15, 0.2) is 36.4 Å². The fourth-order valence-corrected chi connectivity index (χ4v) is 6.54. The molecule has 2 aliphatic heterocycles. The molecule has 2 aliphatic rings. The second kappa shape index (κ2) is 13.3. The lowest BCUT2D eigenvalue weighted by molar-refractivity contribution is -0.172. The summed E-state index contributed by atoms with van der Waals surface area (Å²) in [6.45, 7) is 7.45. The zero-order chi connectivity index (χ0) is 29.7. The number of hydrogen-bond acceptors (Lipinski definition) is 12. The fraction of sp³-hybridized carbons (Fsp3) is 0.556. The molecular weight excluding hydrogens is 576 g/mol. The molecule has 0 spiro atoms. The van der Waals surface area contributed by atoms with Gasteiger partial charge in [0, 0.05) is 42.7 Å². The van der Waals surface area contributed by atoms with E-state index in [2.05, 4.69) is 66.4 Å². The lowest BCUT2D eigenvalue weighted by Gasteiger charge is -2.33. The summed E-state index contributed by atoms with van der Waals surface area (Å²) in [7, 11) is -5.09. The number of fused-ring (bicyclic) bond motifs is 2. The van der Waals surface area contributed by atoms with Gasteiger partial charge in [-0.2, -0.15) is 16.8 Å². The minimum Gasteiger partial charge on any atom is -0.478 e. The number of rotatable bonds is 14. The number of benzene rings is 2. The quantitative estimate of drug-likeness (QED) is 0.229. The molecule has 2 heterocycles. The van der Waals surface area contributed by atoms with Crippen molar-refractivity contribution >= 4 is 20.2 Å². The zero-order valence-electron chi connectivity index (χ0n) is 23.8. The Labute approximate surface area is 242 Å². The molecule has 0 aromatic heterocycles. The van der Waals surface area contributed by atoms with E-state index in [1.807, 2.05) is 12.1 Å². The van der Waals surface area contributed by atoms with Gasteiger partial charge in [0.25, 0.3) is 20.2 Å². The van der Waals surface area contributed by atoms with E-state index in [4.69, 9.17) is 9.47 Å². The standard InChI is InChI=1S/C27H38N2O10S2/c1-27(2,23-7-9-25-21(15-23)17-28(19-36-25)11-5-13-40(30,31)38-34-3)24-8-10-26-22(16-24)18-29(20-37-26)12-6-14-41(32,33)39-35-4/h7-10,15-16H,5-6,11-14,17-20H2,1-4H3. The van der Waals surface area contributed by atoms with Crippen molar-refractivity contribution in [1.29, 1.82) is 0 Å². The van der Waals surface area contributed by atoms with Crippen LogP contribution in [0.25, 0.3) is 0 Å². The molecule has 2 aromatic carbocycles. The van der Waals surface area contributed by atoms with Crippen LogP contribution in [0.4, 0.5) is 0 Å². The summed E-state index contributed by atoms with van der Waals surface area (Å²) in [5, 5.41) is 0. The van der Waals surface area contributed by atoms with Crippen molar-refractivity contribution < 1.29 is 44.8 Å². The highest BCUT2D eigenvalue weighted by molar-refractivity contribution is 7.86. The molecule has 41 heavy (non-hydrogen) atoms. The van der Waals surface area contributed by atoms with Gasteiger partial charge in [0.05, 0.1) is 25.7 Å². The van der Waals surface area contributed by atoms with Crippen LogP contribution in [0.5, 0.6) is 11.5 Å². The third-order valence-corrected chi connectivity index (χ3v) is 9.50. The van der Waals surface area contributed by atoms with Crippen LogP contribution in [0, 0.1) is 0 Å². The molecule has 2 aromatic rings. The van der Waals surface area contributed by atoms with Gasteiger partial charge in [-0.05, 0) is 48.2 Å². The first-order valence-electron chi connectivity index (χ1n) is 13.3. The molecule has 12 nitrogen and oxygen atoms in total. The van der Waals surface area contributed by atoms with Crippen molar-refractivity contribution in [3.8, 4) is 11.5 Å². The minimum atomic E-state index is -3.71. The highest BCUT2D eigenvalue weighted by Crippen LogP contribution is 2.38. The van der Waals surface area contributed by atoms with E-state index in [1.165, 1.54) is 0 Å². The van der Waals surface area contributed by atoms with Crippen LogP contribution in [-0.2, 0) is 57.2 Å². The maximum Gasteiger partial charge on any atom is 0.293 e. The summed E-state index contributed by atoms with van der Waals surface area (Å²) in [4.78, 5) is 12.7. The number of ether oxygens (including phenoxy) is 2. The Kier molecular flexibility index (Phi) is 10.3. The lowest BCUT2D eigenvalue weighted by atomic mass is 9.77. The van der Waals surface area contributed by atoms with Gasteiger partial charge >= 0.3 is 0 Å². The predicted octanol–water partition coefficient (Wildman–Crippen LogP) is 2.91. The fourth-order valence-electron chi connectivity index (χ4n) is 5.02. The van der Waals surface area contributed by atoms with Crippen molar-refractivity contribution in [2.45, 2.75) is 45.2 Å². The summed E-state index contributed by atoms with van der Waals surface area (Å²) < 4.78 is 67.5. The summed E-state index contributed by atoms with van der Waals surface area (Å²) in [6.07, 6.45) is 0.779. The SMILES string of the molecule is COOS(=O)(=O)CCCN1COc2ccc(C(C)(C)c3ccc4c(c3)CN(CCCS(=O)(=O)OOC)CO4)cc2C1. The maximum absolute atomic E-state index is 11.7. The number of hydrogen-bond donors (Lipinski definition) is 0. The maximum atomic E-state index is 11.7. The van der Waals surface area contributed by atoms with Gasteiger partial charge in [0.1, 0.15) is 25.0 Å². The molecule has 0 radical (unpaired) electrons. The predicted molar refractivity (Wildman–Crippen MR) is 150 cm³/mol. The highest BCUT2D eigenvalue weighted by atomic mass is 32.2. The van der Waals surface area contributed by atoms with Gasteiger partial charge in [0.15, 0.2) is 0 Å². The molecular formula is C27H38N2O10S2. The van der Waals surface area contributed by atoms with Gasteiger partial charge in [-0.25, -0.2) is 9.78 Å². The average molecular weight is 615 g/mol. The lowest BCUT2D eigenvalue weighted by Crippen LogP contribution is -2.34. The third-order valence-electron chi connectivity index (χ3n) is 7.24. The van der Waals surface area contributed by atoms with Gasteiger partial charge in [-0.1, -0.05) is 26.0 Å². The summed E-state index contributed by atoms with van der Waals surface area (Å²) in [6, 6.07) is 12.4. The molecule has 0 saturated carbocycles. The van der Waals surface area contributed by atoms with Crippen molar-refractivity contribution in [3.05, 3.63) is 58.7 Å². The van der Waals surface area contributed by atoms with Crippen LogP contribution in [0.3, 0.4) is 0 Å². The smallest absolute Gasteiger partial charge is 0.293 e. The molecule has 0 atom stereocenters. The summed E-state index contributed by atoms with van der Waals surface area (Å²) in [5.74, 6) is 1.36. The van der Waals surface area contributed by atoms with Gasteiger partial charge in [-0.15, -0.1) is 8.67 Å². The van der Waals surface area contributed by atoms with Crippen LogP contribution in [0.1, 0.15) is 48.9 Å². The van der Waals surface area contributed by atoms with Crippen molar-refractivity contribution in [1.82, 2.24) is 9.80 Å². The van der Waals surface area contributed by atoms with E-state index in [0.717, 1.165) is 48.0 Å². The number of nitrogens with zero attached hydrogens (tertiary/aromatic N) is 2. The Balaban J connectivity index is 1.41. The van der Waals surface area contributed by atoms with E-state index in [-0.39, 0.29) is 16.9 Å². The topological polar surface area (TPSA) is 130 Å². The molecule has 0 bridgehead atoms. The van der Waals surface area contributed by atoms with Gasteiger partial charge < -0.3 is 9.47 Å². The van der Waals surface area contributed by atoms with E-state index in [0.29, 0.717) is 52.5 Å². The largest absolute Gasteiger partial charge is 0.478 e. The molecule has 0 N–H and O–H groups in total. The van der Waals surface area contributed by atoms with Crippen LogP contribution in [0.2, 0.25) is 0 Å². The van der Waals surface area contributed by atoms with Gasteiger partial charge in [0.2, 0.25) is 0 Å². The summed E-state index contributed by atoms with van der Waals surface area (Å²) in [5.41, 5.74) is 3.99. The Hall–Kier alpha value is -2.30. The molecule has 0 amide bonds. The Morgan fingerprint density at radius 2 is 1.15 bits per heavy atom. The molecule has 0 aliphatic carbocycles. The zero-order valence-corrected chi connectivity index (χ0v) is 25.5. The summed E-state index contributed by atoms with van der Waals surface area (Å²) >= 11 is 0. The molecule has 228 valence electrons. The van der Waals surface area contributed by atoms with E-state index < -0.39 is 20.2 Å². The van der Waals surface area contributed by atoms with Crippen LogP contribution < -0.4 is 9.47 Å². The van der Waals surface area contributed by atoms with E-state index in [9.17, 15) is 16.8 Å². The average Bonchev–Trinajstić information content (AvgIpc) is 2.92. The van der Waals surface area contributed by atoms with Crippen molar-refractivity contribution in [2.75, 3.05) is 52.3 Å². The van der Waals surface area contributed by atoms with E-state index >= 15 is 0 Å². The second-order valence-corrected chi connectivity index (χ2v) is 13.9. The molecule has 0 fully saturated rings. The monoisotopic (exact) mass is 614 g/mol. The Bertz CT molecular complexity index is 1310. The van der Waals surface area contributed by atoms with Crippen LogP contribution >= 0.6 is 0 Å². The first-order chi connectivity index (χ1) is 19.4. The molecule has 4 rings (SSSR count). The minimum absolute atomic E-state index is 0.141. The van der Waals surface area contributed by atoms with Crippen molar-refractivity contribution in [2.24, 2.45) is 0 Å². The highest BCUT2D eigenvalue weighted by Gasteiger charge is 2.28. The first kappa shape index (κ1) is 31.6. The molecule has 14 heteroatoms. The van der Waals surface area contributed by atoms with E-state index in [1.54, 1.807) is 0 Å². The molecule has 0 saturated heterocycles. The molecule has 0 unspecified atom stereocenters. The first-order valence-corrected chi connectivity index (χ1v) is 16.4. The third kappa shape index (κ3) is 8.38.